The average molecular weight is 301 g/mol. The van der Waals surface area contributed by atoms with Crippen LogP contribution in [0.25, 0.3) is 0 Å². The second kappa shape index (κ2) is 6.76. The van der Waals surface area contributed by atoms with Crippen molar-refractivity contribution in [3.05, 3.63) is 57.3 Å². The molecule has 114 valence electrons. The van der Waals surface area contributed by atoms with Crippen molar-refractivity contribution in [1.82, 2.24) is 5.32 Å². The monoisotopic (exact) mass is 301 g/mol. The summed E-state index contributed by atoms with van der Waals surface area (Å²) in [6.45, 7) is 12.3. The minimum absolute atomic E-state index is 0.162. The van der Waals surface area contributed by atoms with Gasteiger partial charge in [0.25, 0.3) is 0 Å². The number of hydrogen-bond acceptors (Lipinski definition) is 2. The van der Waals surface area contributed by atoms with Crippen LogP contribution in [0.1, 0.15) is 61.5 Å². The Balaban J connectivity index is 2.48. The van der Waals surface area contributed by atoms with Gasteiger partial charge in [0.15, 0.2) is 0 Å². The van der Waals surface area contributed by atoms with Crippen LogP contribution in [0, 0.1) is 0 Å². The van der Waals surface area contributed by atoms with Crippen molar-refractivity contribution in [2.24, 2.45) is 0 Å². The molecule has 0 amide bonds. The largest absolute Gasteiger partial charge is 0.306 e. The molecule has 21 heavy (non-hydrogen) atoms. The van der Waals surface area contributed by atoms with Crippen molar-refractivity contribution in [2.75, 3.05) is 6.54 Å². The van der Waals surface area contributed by atoms with Gasteiger partial charge in [0.1, 0.15) is 0 Å². The Morgan fingerprint density at radius 2 is 1.76 bits per heavy atom. The second-order valence-electron chi connectivity index (χ2n) is 6.49. The third-order valence-corrected chi connectivity index (χ3v) is 5.10. The molecule has 0 saturated carbocycles. The van der Waals surface area contributed by atoms with Crippen LogP contribution in [-0.2, 0) is 11.8 Å². The highest BCUT2D eigenvalue weighted by molar-refractivity contribution is 7.12. The fourth-order valence-corrected chi connectivity index (χ4v) is 3.79. The van der Waals surface area contributed by atoms with E-state index >= 15 is 0 Å². The van der Waals surface area contributed by atoms with Crippen molar-refractivity contribution in [3.8, 4) is 0 Å². The van der Waals surface area contributed by atoms with Crippen molar-refractivity contribution in [2.45, 2.75) is 52.5 Å². The van der Waals surface area contributed by atoms with E-state index in [-0.39, 0.29) is 5.41 Å². The molecule has 0 bridgehead atoms. The lowest BCUT2D eigenvalue weighted by Gasteiger charge is -2.27. The predicted molar refractivity (Wildman–Crippen MR) is 94.4 cm³/mol. The zero-order chi connectivity index (χ0) is 15.5. The summed E-state index contributed by atoms with van der Waals surface area (Å²) in [4.78, 5) is 2.88. The molecule has 0 saturated heterocycles. The Kier molecular flexibility index (Phi) is 5.23. The molecule has 0 aliphatic rings. The number of benzene rings is 1. The molecule has 1 aromatic heterocycles. The Hall–Kier alpha value is -1.12. The quantitative estimate of drug-likeness (QED) is 0.789. The highest BCUT2D eigenvalue weighted by Gasteiger charge is 2.24. The van der Waals surface area contributed by atoms with Crippen LogP contribution in [0.3, 0.4) is 0 Å². The molecule has 0 radical (unpaired) electrons. The first-order chi connectivity index (χ1) is 9.97. The highest BCUT2D eigenvalue weighted by atomic mass is 32.1. The lowest BCUT2D eigenvalue weighted by atomic mass is 9.81. The maximum atomic E-state index is 3.68. The van der Waals surface area contributed by atoms with E-state index in [0.29, 0.717) is 6.04 Å². The molecule has 1 N–H and O–H groups in total. The van der Waals surface area contributed by atoms with Crippen molar-refractivity contribution < 1.29 is 0 Å². The molecule has 1 atom stereocenters. The van der Waals surface area contributed by atoms with E-state index in [1.54, 1.807) is 0 Å². The molecular weight excluding hydrogens is 274 g/mol. The summed E-state index contributed by atoms with van der Waals surface area (Å²) >= 11 is 1.93. The van der Waals surface area contributed by atoms with Gasteiger partial charge in [-0.3, -0.25) is 0 Å². The molecule has 1 nitrogen and oxygen atoms in total. The maximum absolute atomic E-state index is 3.68. The maximum Gasteiger partial charge on any atom is 0.0673 e. The average Bonchev–Trinajstić information content (AvgIpc) is 2.92. The van der Waals surface area contributed by atoms with Gasteiger partial charge >= 0.3 is 0 Å². The number of nitrogens with one attached hydrogen (secondary N) is 1. The third-order valence-electron chi connectivity index (χ3n) is 3.80. The van der Waals surface area contributed by atoms with Gasteiger partial charge in [-0.15, -0.1) is 11.3 Å². The first kappa shape index (κ1) is 16.3. The summed E-state index contributed by atoms with van der Waals surface area (Å²) in [5.74, 6) is 0. The van der Waals surface area contributed by atoms with E-state index < -0.39 is 0 Å². The number of rotatable bonds is 5. The summed E-state index contributed by atoms with van der Waals surface area (Å²) in [7, 11) is 0. The Bertz CT molecular complexity index is 577. The number of hydrogen-bond donors (Lipinski definition) is 1. The normalized spacial score (nSPS) is 13.4. The predicted octanol–water partition coefficient (Wildman–Crippen LogP) is 5.31. The standard InChI is InChI=1S/C19H27NS/c1-6-14-12-13-17(21-14)18(20-7-2)15-10-8-9-11-16(15)19(3,4)5/h8-13,18,20H,6-7H2,1-5H3. The zero-order valence-electron chi connectivity index (χ0n) is 13.9. The van der Waals surface area contributed by atoms with E-state index in [0.717, 1.165) is 13.0 Å². The summed E-state index contributed by atoms with van der Waals surface area (Å²) in [5.41, 5.74) is 3.01. The fourth-order valence-electron chi connectivity index (χ4n) is 2.74. The van der Waals surface area contributed by atoms with E-state index in [9.17, 15) is 0 Å². The first-order valence-electron chi connectivity index (χ1n) is 7.88. The minimum atomic E-state index is 0.162. The summed E-state index contributed by atoms with van der Waals surface area (Å²) in [6.07, 6.45) is 1.12. The molecule has 1 heterocycles. The van der Waals surface area contributed by atoms with Crippen LogP contribution in [0.15, 0.2) is 36.4 Å². The Morgan fingerprint density at radius 1 is 1.05 bits per heavy atom. The smallest absolute Gasteiger partial charge is 0.0673 e. The van der Waals surface area contributed by atoms with E-state index in [2.05, 4.69) is 76.3 Å². The van der Waals surface area contributed by atoms with Crippen LogP contribution in [-0.4, -0.2) is 6.54 Å². The molecule has 2 rings (SSSR count). The zero-order valence-corrected chi connectivity index (χ0v) is 14.7. The van der Waals surface area contributed by atoms with Crippen LogP contribution in [0.2, 0.25) is 0 Å². The molecule has 1 unspecified atom stereocenters. The van der Waals surface area contributed by atoms with Gasteiger partial charge in [0.2, 0.25) is 0 Å². The lowest BCUT2D eigenvalue weighted by molar-refractivity contribution is 0.559. The molecule has 0 spiro atoms. The van der Waals surface area contributed by atoms with Gasteiger partial charge in [0, 0.05) is 9.75 Å². The SMILES string of the molecule is CCNC(c1ccc(CC)s1)c1ccccc1C(C)(C)C. The molecule has 2 aromatic rings. The van der Waals surface area contributed by atoms with Gasteiger partial charge in [-0.05, 0) is 41.6 Å². The Labute approximate surface area is 133 Å². The van der Waals surface area contributed by atoms with E-state index in [1.807, 2.05) is 11.3 Å². The molecule has 1 aromatic carbocycles. The van der Waals surface area contributed by atoms with Crippen LogP contribution >= 0.6 is 11.3 Å². The fraction of sp³-hybridized carbons (Fsp3) is 0.474. The van der Waals surface area contributed by atoms with Crippen molar-refractivity contribution >= 4 is 11.3 Å². The van der Waals surface area contributed by atoms with Gasteiger partial charge < -0.3 is 5.32 Å². The van der Waals surface area contributed by atoms with Crippen molar-refractivity contribution in [1.29, 1.82) is 0 Å². The van der Waals surface area contributed by atoms with Gasteiger partial charge in [-0.25, -0.2) is 0 Å². The first-order valence-corrected chi connectivity index (χ1v) is 8.70. The lowest BCUT2D eigenvalue weighted by Crippen LogP contribution is -2.25. The molecule has 0 aliphatic heterocycles. The topological polar surface area (TPSA) is 12.0 Å². The van der Waals surface area contributed by atoms with Crippen LogP contribution < -0.4 is 5.32 Å². The minimum Gasteiger partial charge on any atom is -0.306 e. The second-order valence-corrected chi connectivity index (χ2v) is 7.69. The number of thiophene rings is 1. The number of aryl methyl sites for hydroxylation is 1. The summed E-state index contributed by atoms with van der Waals surface area (Å²) in [6, 6.07) is 13.7. The van der Waals surface area contributed by atoms with Gasteiger partial charge in [-0.1, -0.05) is 58.9 Å². The van der Waals surface area contributed by atoms with E-state index in [1.165, 1.54) is 20.9 Å². The van der Waals surface area contributed by atoms with Gasteiger partial charge in [0.05, 0.1) is 6.04 Å². The van der Waals surface area contributed by atoms with E-state index in [4.69, 9.17) is 0 Å². The van der Waals surface area contributed by atoms with Crippen molar-refractivity contribution in [3.63, 3.8) is 0 Å². The molecular formula is C19H27NS. The van der Waals surface area contributed by atoms with Crippen LogP contribution in [0.5, 0.6) is 0 Å². The molecule has 2 heteroatoms. The third kappa shape index (κ3) is 3.75. The summed E-state index contributed by atoms with van der Waals surface area (Å²) in [5, 5.41) is 3.68. The molecule has 0 fully saturated rings. The van der Waals surface area contributed by atoms with Gasteiger partial charge in [-0.2, -0.15) is 0 Å². The molecule has 0 aliphatic carbocycles. The van der Waals surface area contributed by atoms with Crippen LogP contribution in [0.4, 0.5) is 0 Å². The summed E-state index contributed by atoms with van der Waals surface area (Å²) < 4.78 is 0. The highest BCUT2D eigenvalue weighted by Crippen LogP contribution is 2.35. The Morgan fingerprint density at radius 3 is 2.33 bits per heavy atom.